The van der Waals surface area contributed by atoms with Crippen molar-refractivity contribution in [2.75, 3.05) is 13.1 Å². The van der Waals surface area contributed by atoms with Crippen LogP contribution in [-0.2, 0) is 0 Å². The number of hydrogen-bond acceptors (Lipinski definition) is 2. The van der Waals surface area contributed by atoms with Crippen LogP contribution in [-0.4, -0.2) is 24.5 Å². The summed E-state index contributed by atoms with van der Waals surface area (Å²) in [5.41, 5.74) is 2.67. The average Bonchev–Trinajstić information content (AvgIpc) is 2.49. The largest absolute Gasteiger partial charge is 0.294 e. The molecule has 0 fully saturated rings. The number of unbranched alkanes of at least 4 members (excludes halogenated alkanes) is 7. The van der Waals surface area contributed by atoms with E-state index >= 15 is 0 Å². The van der Waals surface area contributed by atoms with E-state index in [1.54, 1.807) is 0 Å². The van der Waals surface area contributed by atoms with Crippen LogP contribution in [0.3, 0.4) is 0 Å². The Kier molecular flexibility index (Phi) is 16.2. The summed E-state index contributed by atoms with van der Waals surface area (Å²) in [5, 5.41) is 0. The van der Waals surface area contributed by atoms with E-state index in [0.717, 1.165) is 13.1 Å². The van der Waals surface area contributed by atoms with Gasteiger partial charge in [-0.3, -0.25) is 9.98 Å². The summed E-state index contributed by atoms with van der Waals surface area (Å²) in [5.74, 6) is 0. The molecule has 0 saturated heterocycles. The van der Waals surface area contributed by atoms with E-state index in [-0.39, 0.29) is 0 Å². The maximum absolute atomic E-state index is 4.61. The minimum Gasteiger partial charge on any atom is -0.294 e. The molecule has 0 unspecified atom stereocenters. The lowest BCUT2D eigenvalue weighted by molar-refractivity contribution is 0.572. The summed E-state index contributed by atoms with van der Waals surface area (Å²) < 4.78 is 0. The third kappa shape index (κ3) is 15.7. The molecule has 0 aliphatic carbocycles. The summed E-state index contributed by atoms with van der Waals surface area (Å²) in [7, 11) is 0. The van der Waals surface area contributed by atoms with Crippen LogP contribution in [0.4, 0.5) is 0 Å². The van der Waals surface area contributed by atoms with E-state index in [9.17, 15) is 0 Å². The lowest BCUT2D eigenvalue weighted by Crippen LogP contribution is -1.93. The number of rotatable bonds is 15. The summed E-state index contributed by atoms with van der Waals surface area (Å²) in [6.45, 7) is 10.9. The van der Waals surface area contributed by atoms with Gasteiger partial charge in [-0.1, -0.05) is 65.2 Å². The van der Waals surface area contributed by atoms with Crippen molar-refractivity contribution >= 4 is 11.4 Å². The second-order valence-corrected chi connectivity index (χ2v) is 6.56. The van der Waals surface area contributed by atoms with Gasteiger partial charge in [-0.2, -0.15) is 0 Å². The van der Waals surface area contributed by atoms with E-state index in [1.165, 1.54) is 88.5 Å². The maximum atomic E-state index is 4.61. The van der Waals surface area contributed by atoms with Gasteiger partial charge in [-0.05, 0) is 39.5 Å². The fourth-order valence-corrected chi connectivity index (χ4v) is 2.71. The van der Waals surface area contributed by atoms with E-state index < -0.39 is 0 Å². The molecule has 0 N–H and O–H groups in total. The van der Waals surface area contributed by atoms with Crippen LogP contribution in [0.2, 0.25) is 0 Å². The van der Waals surface area contributed by atoms with E-state index in [4.69, 9.17) is 0 Å². The highest BCUT2D eigenvalue weighted by atomic mass is 14.7. The zero-order valence-corrected chi connectivity index (χ0v) is 15.8. The quantitative estimate of drug-likeness (QED) is 0.239. The van der Waals surface area contributed by atoms with Gasteiger partial charge in [-0.15, -0.1) is 0 Å². The Morgan fingerprint density at radius 1 is 0.545 bits per heavy atom. The number of hydrogen-bond donors (Lipinski definition) is 0. The van der Waals surface area contributed by atoms with Gasteiger partial charge < -0.3 is 0 Å². The van der Waals surface area contributed by atoms with Crippen molar-refractivity contribution in [3.05, 3.63) is 0 Å². The first-order chi connectivity index (χ1) is 10.7. The third-order valence-corrected chi connectivity index (χ3v) is 4.05. The van der Waals surface area contributed by atoms with Crippen molar-refractivity contribution in [3.8, 4) is 0 Å². The zero-order valence-electron chi connectivity index (χ0n) is 15.8. The molecule has 22 heavy (non-hydrogen) atoms. The number of aliphatic imine (C=N–C) groups is 2. The van der Waals surface area contributed by atoms with Gasteiger partial charge in [0.2, 0.25) is 0 Å². The lowest BCUT2D eigenvalue weighted by Gasteiger charge is -2.02. The highest BCUT2D eigenvalue weighted by Crippen LogP contribution is 2.09. The van der Waals surface area contributed by atoms with Crippen LogP contribution in [0.1, 0.15) is 105 Å². The molecule has 0 spiro atoms. The van der Waals surface area contributed by atoms with Gasteiger partial charge in [-0.25, -0.2) is 0 Å². The fraction of sp³-hybridized carbons (Fsp3) is 0.900. The summed E-state index contributed by atoms with van der Waals surface area (Å²) in [6, 6.07) is 0. The van der Waals surface area contributed by atoms with Crippen LogP contribution in [0.25, 0.3) is 0 Å². The molecule has 0 aromatic rings. The van der Waals surface area contributed by atoms with Crippen LogP contribution in [0.15, 0.2) is 9.98 Å². The molecular weight excluding hydrogens is 268 g/mol. The first kappa shape index (κ1) is 21.3. The zero-order chi connectivity index (χ0) is 16.5. The minimum atomic E-state index is 1.04. The van der Waals surface area contributed by atoms with E-state index in [1.807, 2.05) is 0 Å². The maximum Gasteiger partial charge on any atom is 0.0388 e. The summed E-state index contributed by atoms with van der Waals surface area (Å²) in [4.78, 5) is 9.23. The summed E-state index contributed by atoms with van der Waals surface area (Å²) in [6.07, 6.45) is 15.6. The van der Waals surface area contributed by atoms with E-state index in [2.05, 4.69) is 37.7 Å². The second kappa shape index (κ2) is 16.7. The minimum absolute atomic E-state index is 1.04. The molecule has 2 nitrogen and oxygen atoms in total. The van der Waals surface area contributed by atoms with Crippen molar-refractivity contribution in [3.63, 3.8) is 0 Å². The van der Waals surface area contributed by atoms with Gasteiger partial charge in [0, 0.05) is 24.5 Å². The Balaban J connectivity index is 3.24. The van der Waals surface area contributed by atoms with Crippen LogP contribution in [0, 0.1) is 0 Å². The Hall–Kier alpha value is -0.660. The number of nitrogens with zero attached hydrogens (tertiary/aromatic N) is 2. The predicted octanol–water partition coefficient (Wildman–Crippen LogP) is 6.63. The first-order valence-electron chi connectivity index (χ1n) is 9.70. The Labute approximate surface area is 139 Å². The SMILES string of the molecule is CCCC(C)=NCCCCCCCCCCN=C(C)CCC. The highest BCUT2D eigenvalue weighted by Gasteiger charge is 1.94. The van der Waals surface area contributed by atoms with Crippen LogP contribution >= 0.6 is 0 Å². The normalized spacial score (nSPS) is 12.9. The molecule has 0 bridgehead atoms. The molecule has 0 aliphatic heterocycles. The highest BCUT2D eigenvalue weighted by molar-refractivity contribution is 5.82. The average molecular weight is 309 g/mol. The fourth-order valence-electron chi connectivity index (χ4n) is 2.71. The van der Waals surface area contributed by atoms with E-state index in [0.29, 0.717) is 0 Å². The molecule has 0 amide bonds. The smallest absolute Gasteiger partial charge is 0.0388 e. The molecule has 0 aliphatic rings. The Morgan fingerprint density at radius 2 is 0.864 bits per heavy atom. The third-order valence-electron chi connectivity index (χ3n) is 4.05. The molecule has 0 atom stereocenters. The molecular formula is C20H40N2. The van der Waals surface area contributed by atoms with Crippen molar-refractivity contribution < 1.29 is 0 Å². The topological polar surface area (TPSA) is 24.7 Å². The lowest BCUT2D eigenvalue weighted by atomic mass is 10.1. The van der Waals surface area contributed by atoms with Crippen molar-refractivity contribution in [1.82, 2.24) is 0 Å². The molecule has 2 heteroatoms. The monoisotopic (exact) mass is 308 g/mol. The predicted molar refractivity (Wildman–Crippen MR) is 103 cm³/mol. The van der Waals surface area contributed by atoms with Crippen molar-refractivity contribution in [1.29, 1.82) is 0 Å². The Morgan fingerprint density at radius 3 is 1.18 bits per heavy atom. The van der Waals surface area contributed by atoms with Gasteiger partial charge in [0.25, 0.3) is 0 Å². The van der Waals surface area contributed by atoms with Crippen molar-refractivity contribution in [2.45, 2.75) is 105 Å². The van der Waals surface area contributed by atoms with Gasteiger partial charge in [0.15, 0.2) is 0 Å². The Bertz CT molecular complexity index is 262. The van der Waals surface area contributed by atoms with Gasteiger partial charge >= 0.3 is 0 Å². The standard InChI is InChI=1S/C20H40N2/c1-5-15-19(3)21-17-13-11-9-7-8-10-12-14-18-22-20(4)16-6-2/h5-18H2,1-4H3. The molecule has 0 saturated carbocycles. The molecule has 0 heterocycles. The molecule has 0 aromatic heterocycles. The first-order valence-corrected chi connectivity index (χ1v) is 9.70. The molecule has 0 aromatic carbocycles. The van der Waals surface area contributed by atoms with Crippen LogP contribution < -0.4 is 0 Å². The van der Waals surface area contributed by atoms with Crippen molar-refractivity contribution in [2.24, 2.45) is 9.98 Å². The molecule has 130 valence electrons. The molecule has 0 radical (unpaired) electrons. The second-order valence-electron chi connectivity index (χ2n) is 6.56. The summed E-state index contributed by atoms with van der Waals surface area (Å²) >= 11 is 0. The van der Waals surface area contributed by atoms with Gasteiger partial charge in [0.05, 0.1) is 0 Å². The van der Waals surface area contributed by atoms with Gasteiger partial charge in [0.1, 0.15) is 0 Å². The molecule has 0 rings (SSSR count). The van der Waals surface area contributed by atoms with Crippen LogP contribution in [0.5, 0.6) is 0 Å².